The number of nitrogens with zero attached hydrogens (tertiary/aromatic N) is 2. The van der Waals surface area contributed by atoms with E-state index in [1.165, 1.54) is 36.0 Å². The SMILES string of the molecule is CC(SCC(=O)Nc1ccc(F)cc1)C(=O)N1CCCC1c1nc2ccccc2s1. The molecule has 2 heterocycles. The van der Waals surface area contributed by atoms with Crippen LogP contribution in [0, 0.1) is 5.82 Å². The normalized spacial score (nSPS) is 17.3. The summed E-state index contributed by atoms with van der Waals surface area (Å²) in [6.07, 6.45) is 1.86. The minimum atomic E-state index is -0.352. The summed E-state index contributed by atoms with van der Waals surface area (Å²) in [5, 5.41) is 3.37. The van der Waals surface area contributed by atoms with Gasteiger partial charge in [-0.25, -0.2) is 9.37 Å². The van der Waals surface area contributed by atoms with Crippen molar-refractivity contribution in [1.82, 2.24) is 9.88 Å². The number of benzene rings is 2. The van der Waals surface area contributed by atoms with Crippen LogP contribution in [0.25, 0.3) is 10.2 Å². The van der Waals surface area contributed by atoms with Crippen LogP contribution in [-0.2, 0) is 9.59 Å². The molecule has 1 aliphatic rings. The molecule has 3 aromatic rings. The van der Waals surface area contributed by atoms with Gasteiger partial charge in [0, 0.05) is 12.2 Å². The summed E-state index contributed by atoms with van der Waals surface area (Å²) >= 11 is 2.96. The standard InChI is InChI=1S/C22H22FN3O2S2/c1-14(29-13-20(27)24-16-10-8-15(23)9-11-16)22(28)26-12-4-6-18(26)21-25-17-5-2-3-7-19(17)30-21/h2-3,5,7-11,14,18H,4,6,12-13H2,1H3,(H,24,27). The lowest BCUT2D eigenvalue weighted by Gasteiger charge is -2.26. The molecule has 8 heteroatoms. The van der Waals surface area contributed by atoms with E-state index in [0.717, 1.165) is 28.1 Å². The van der Waals surface area contributed by atoms with E-state index in [1.54, 1.807) is 11.3 Å². The van der Waals surface area contributed by atoms with E-state index in [2.05, 4.69) is 11.4 Å². The van der Waals surface area contributed by atoms with Gasteiger partial charge in [-0.3, -0.25) is 9.59 Å². The Morgan fingerprint density at radius 2 is 2.03 bits per heavy atom. The molecule has 30 heavy (non-hydrogen) atoms. The quantitative estimate of drug-likeness (QED) is 0.591. The van der Waals surface area contributed by atoms with Gasteiger partial charge in [-0.2, -0.15) is 0 Å². The van der Waals surface area contributed by atoms with Gasteiger partial charge in [0.05, 0.1) is 27.3 Å². The highest BCUT2D eigenvalue weighted by Gasteiger charge is 2.34. The van der Waals surface area contributed by atoms with E-state index in [-0.39, 0.29) is 34.7 Å². The minimum absolute atomic E-state index is 0.00555. The Morgan fingerprint density at radius 3 is 2.80 bits per heavy atom. The van der Waals surface area contributed by atoms with Crippen molar-refractivity contribution in [1.29, 1.82) is 0 Å². The van der Waals surface area contributed by atoms with Crippen LogP contribution in [0.4, 0.5) is 10.1 Å². The Labute approximate surface area is 182 Å². The average Bonchev–Trinajstić information content (AvgIpc) is 3.39. The molecule has 156 valence electrons. The first kappa shape index (κ1) is 20.8. The second-order valence-corrected chi connectivity index (χ2v) is 9.61. The number of thiazole rings is 1. The maximum absolute atomic E-state index is 13.1. The second-order valence-electron chi connectivity index (χ2n) is 7.22. The zero-order chi connectivity index (χ0) is 21.1. The van der Waals surface area contributed by atoms with E-state index in [0.29, 0.717) is 12.2 Å². The molecular formula is C22H22FN3O2S2. The molecule has 0 spiro atoms. The second kappa shape index (κ2) is 9.14. The van der Waals surface area contributed by atoms with Crippen molar-refractivity contribution < 1.29 is 14.0 Å². The number of hydrogen-bond donors (Lipinski definition) is 1. The summed E-state index contributed by atoms with van der Waals surface area (Å²) in [6, 6.07) is 13.6. The van der Waals surface area contributed by atoms with E-state index < -0.39 is 0 Å². The van der Waals surface area contributed by atoms with Crippen molar-refractivity contribution >= 4 is 50.8 Å². The zero-order valence-electron chi connectivity index (χ0n) is 16.5. The molecule has 0 bridgehead atoms. The Balaban J connectivity index is 1.35. The number of nitrogens with one attached hydrogen (secondary N) is 1. The first-order valence-corrected chi connectivity index (χ1v) is 11.7. The number of rotatable bonds is 6. The van der Waals surface area contributed by atoms with Crippen LogP contribution >= 0.6 is 23.1 Å². The number of carbonyl (C=O) groups excluding carboxylic acids is 2. The predicted molar refractivity (Wildman–Crippen MR) is 120 cm³/mol. The van der Waals surface area contributed by atoms with Crippen LogP contribution in [0.15, 0.2) is 48.5 Å². The monoisotopic (exact) mass is 443 g/mol. The Morgan fingerprint density at radius 1 is 1.27 bits per heavy atom. The highest BCUT2D eigenvalue weighted by atomic mass is 32.2. The van der Waals surface area contributed by atoms with E-state index in [4.69, 9.17) is 4.98 Å². The summed E-state index contributed by atoms with van der Waals surface area (Å²) in [6.45, 7) is 2.55. The van der Waals surface area contributed by atoms with Gasteiger partial charge in [0.15, 0.2) is 0 Å². The Hall–Kier alpha value is -2.45. The molecule has 0 saturated carbocycles. The van der Waals surface area contributed by atoms with Gasteiger partial charge in [0.1, 0.15) is 10.8 Å². The van der Waals surface area contributed by atoms with Gasteiger partial charge in [0.25, 0.3) is 0 Å². The fourth-order valence-electron chi connectivity index (χ4n) is 3.56. The third-order valence-corrected chi connectivity index (χ3v) is 7.34. The van der Waals surface area contributed by atoms with Crippen LogP contribution < -0.4 is 5.32 Å². The van der Waals surface area contributed by atoms with Gasteiger partial charge in [-0.05, 0) is 56.2 Å². The molecule has 0 radical (unpaired) electrons. The molecule has 5 nitrogen and oxygen atoms in total. The molecule has 1 aliphatic heterocycles. The van der Waals surface area contributed by atoms with Gasteiger partial charge in [-0.1, -0.05) is 12.1 Å². The number of hydrogen-bond acceptors (Lipinski definition) is 5. The number of aromatic nitrogens is 1. The van der Waals surface area contributed by atoms with Crippen molar-refractivity contribution in [2.24, 2.45) is 0 Å². The van der Waals surface area contributed by atoms with Crippen molar-refractivity contribution in [2.45, 2.75) is 31.1 Å². The summed E-state index contributed by atoms with van der Waals surface area (Å²) in [4.78, 5) is 31.9. The Kier molecular flexibility index (Phi) is 6.34. The molecule has 1 N–H and O–H groups in total. The molecule has 4 rings (SSSR count). The number of amides is 2. The molecule has 2 unspecified atom stereocenters. The zero-order valence-corrected chi connectivity index (χ0v) is 18.1. The molecule has 2 amide bonds. The maximum Gasteiger partial charge on any atom is 0.236 e. The van der Waals surface area contributed by atoms with Crippen molar-refractivity contribution in [3.05, 3.63) is 59.4 Å². The number of anilines is 1. The molecule has 2 atom stereocenters. The fraction of sp³-hybridized carbons (Fsp3) is 0.318. The lowest BCUT2D eigenvalue weighted by molar-refractivity contribution is -0.131. The van der Waals surface area contributed by atoms with E-state index >= 15 is 0 Å². The molecule has 1 saturated heterocycles. The first-order valence-electron chi connectivity index (χ1n) is 9.84. The Bertz CT molecular complexity index is 1020. The average molecular weight is 444 g/mol. The van der Waals surface area contributed by atoms with Crippen molar-refractivity contribution in [3.8, 4) is 0 Å². The third-order valence-electron chi connectivity index (χ3n) is 5.07. The number of likely N-dealkylation sites (tertiary alicyclic amines) is 1. The minimum Gasteiger partial charge on any atom is -0.332 e. The number of fused-ring (bicyclic) bond motifs is 1. The molecule has 0 aliphatic carbocycles. The highest BCUT2D eigenvalue weighted by molar-refractivity contribution is 8.01. The van der Waals surface area contributed by atoms with Crippen molar-refractivity contribution in [3.63, 3.8) is 0 Å². The topological polar surface area (TPSA) is 62.3 Å². The molecule has 1 fully saturated rings. The van der Waals surface area contributed by atoms with Crippen LogP contribution in [0.2, 0.25) is 0 Å². The van der Waals surface area contributed by atoms with Crippen LogP contribution in [0.5, 0.6) is 0 Å². The summed E-state index contributed by atoms with van der Waals surface area (Å²) in [5.41, 5.74) is 1.51. The smallest absolute Gasteiger partial charge is 0.236 e. The van der Waals surface area contributed by atoms with Crippen LogP contribution in [0.3, 0.4) is 0 Å². The van der Waals surface area contributed by atoms with Gasteiger partial charge < -0.3 is 10.2 Å². The number of halogens is 1. The van der Waals surface area contributed by atoms with E-state index in [1.807, 2.05) is 30.0 Å². The predicted octanol–water partition coefficient (Wildman–Crippen LogP) is 4.86. The van der Waals surface area contributed by atoms with Gasteiger partial charge >= 0.3 is 0 Å². The van der Waals surface area contributed by atoms with Crippen LogP contribution in [0.1, 0.15) is 30.8 Å². The van der Waals surface area contributed by atoms with Gasteiger partial charge in [0.2, 0.25) is 11.8 Å². The maximum atomic E-state index is 13.1. The van der Waals surface area contributed by atoms with Crippen LogP contribution in [-0.4, -0.2) is 39.2 Å². The number of para-hydroxylation sites is 1. The lowest BCUT2D eigenvalue weighted by atomic mass is 10.2. The van der Waals surface area contributed by atoms with Gasteiger partial charge in [-0.15, -0.1) is 23.1 Å². The fourth-order valence-corrected chi connectivity index (χ4v) is 5.42. The molecule has 2 aromatic carbocycles. The summed E-state index contributed by atoms with van der Waals surface area (Å²) in [7, 11) is 0. The third kappa shape index (κ3) is 4.65. The van der Waals surface area contributed by atoms with Crippen molar-refractivity contribution in [2.75, 3.05) is 17.6 Å². The number of thioether (sulfide) groups is 1. The highest BCUT2D eigenvalue weighted by Crippen LogP contribution is 2.37. The summed E-state index contributed by atoms with van der Waals surface area (Å²) < 4.78 is 14.1. The molecule has 1 aromatic heterocycles. The number of carbonyl (C=O) groups is 2. The lowest BCUT2D eigenvalue weighted by Crippen LogP contribution is -2.36. The molecular weight excluding hydrogens is 421 g/mol. The summed E-state index contributed by atoms with van der Waals surface area (Å²) in [5.74, 6) is -0.370. The first-order chi connectivity index (χ1) is 14.5. The van der Waals surface area contributed by atoms with E-state index in [9.17, 15) is 14.0 Å². The largest absolute Gasteiger partial charge is 0.332 e.